The lowest BCUT2D eigenvalue weighted by Gasteiger charge is -2.11. The zero-order chi connectivity index (χ0) is 37.1. The summed E-state index contributed by atoms with van der Waals surface area (Å²) < 4.78 is 33.9. The molecule has 0 aliphatic carbocycles. The van der Waals surface area contributed by atoms with Crippen LogP contribution in [0.25, 0.3) is 0 Å². The first-order valence-corrected chi connectivity index (χ1v) is 16.3. The maximum Gasteiger partial charge on any atom is 0.343 e. The first kappa shape index (κ1) is 34.6. The normalized spacial score (nSPS) is 10.4. The standard InChI is InChI=1S/C42H27N3O9/c46-37(49-31-10-4-1-5-11-31)28-16-22-34(23-17-28)52-40-43-41(53-35-24-18-29(19-25-35)38(47)50-32-12-6-2-7-13-32)45-42(44-40)54-36-26-20-30(21-27-36)39(48)51-33-14-8-3-9-15-33/h1-27H. The number of rotatable bonds is 12. The van der Waals surface area contributed by atoms with Gasteiger partial charge in [0.05, 0.1) is 16.7 Å². The second-order valence-electron chi connectivity index (χ2n) is 11.2. The number of esters is 3. The Kier molecular flexibility index (Phi) is 10.5. The average Bonchev–Trinajstić information content (AvgIpc) is 3.20. The zero-order valence-electron chi connectivity index (χ0n) is 28.1. The van der Waals surface area contributed by atoms with Crippen LogP contribution in [0.15, 0.2) is 164 Å². The van der Waals surface area contributed by atoms with Crippen LogP contribution in [0.3, 0.4) is 0 Å². The van der Waals surface area contributed by atoms with E-state index in [1.807, 2.05) is 18.2 Å². The number of hydrogen-bond acceptors (Lipinski definition) is 12. The lowest BCUT2D eigenvalue weighted by atomic mass is 10.2. The molecule has 0 unspecified atom stereocenters. The van der Waals surface area contributed by atoms with E-state index in [1.165, 1.54) is 36.4 Å². The maximum absolute atomic E-state index is 12.6. The van der Waals surface area contributed by atoms with E-state index in [0.29, 0.717) is 33.9 Å². The summed E-state index contributed by atoms with van der Waals surface area (Å²) in [6.45, 7) is 0. The van der Waals surface area contributed by atoms with Crippen molar-refractivity contribution in [3.05, 3.63) is 180 Å². The van der Waals surface area contributed by atoms with Crippen molar-refractivity contribution >= 4 is 17.9 Å². The summed E-state index contributed by atoms with van der Waals surface area (Å²) in [7, 11) is 0. The minimum absolute atomic E-state index is 0.194. The quantitative estimate of drug-likeness (QED) is 0.0879. The molecule has 0 aliphatic heterocycles. The van der Waals surface area contributed by atoms with Gasteiger partial charge in [-0.3, -0.25) is 0 Å². The van der Waals surface area contributed by atoms with Gasteiger partial charge in [-0.2, -0.15) is 0 Å². The van der Waals surface area contributed by atoms with Crippen molar-refractivity contribution in [2.75, 3.05) is 0 Å². The topological polar surface area (TPSA) is 145 Å². The molecule has 0 amide bonds. The lowest BCUT2D eigenvalue weighted by molar-refractivity contribution is 0.0725. The van der Waals surface area contributed by atoms with Crippen LogP contribution in [0, 0.1) is 0 Å². The average molecular weight is 718 g/mol. The highest BCUT2D eigenvalue weighted by molar-refractivity contribution is 5.92. The van der Waals surface area contributed by atoms with Crippen molar-refractivity contribution < 1.29 is 42.8 Å². The lowest BCUT2D eigenvalue weighted by Crippen LogP contribution is -2.08. The van der Waals surface area contributed by atoms with Gasteiger partial charge in [-0.1, -0.05) is 54.6 Å². The van der Waals surface area contributed by atoms with Crippen LogP contribution in [0.4, 0.5) is 0 Å². The molecule has 6 aromatic carbocycles. The highest BCUT2D eigenvalue weighted by Gasteiger charge is 2.16. The van der Waals surface area contributed by atoms with E-state index in [1.54, 1.807) is 109 Å². The molecule has 0 spiro atoms. The van der Waals surface area contributed by atoms with E-state index in [0.717, 1.165) is 0 Å². The number of carbonyl (C=O) groups excluding carboxylic acids is 3. The third kappa shape index (κ3) is 9.27. The van der Waals surface area contributed by atoms with Crippen molar-refractivity contribution in [1.82, 2.24) is 15.0 Å². The van der Waals surface area contributed by atoms with E-state index in [2.05, 4.69) is 15.0 Å². The van der Waals surface area contributed by atoms with Crippen LogP contribution in [0.1, 0.15) is 31.1 Å². The second-order valence-corrected chi connectivity index (χ2v) is 11.2. The fourth-order valence-corrected chi connectivity index (χ4v) is 4.71. The molecule has 0 N–H and O–H groups in total. The first-order chi connectivity index (χ1) is 26.4. The summed E-state index contributed by atoms with van der Waals surface area (Å²) >= 11 is 0. The van der Waals surface area contributed by atoms with Gasteiger partial charge in [0.15, 0.2) is 0 Å². The van der Waals surface area contributed by atoms with Crippen LogP contribution in [-0.4, -0.2) is 32.9 Å². The van der Waals surface area contributed by atoms with Gasteiger partial charge >= 0.3 is 35.9 Å². The molecule has 264 valence electrons. The number of nitrogens with zero attached hydrogens (tertiary/aromatic N) is 3. The van der Waals surface area contributed by atoms with Gasteiger partial charge < -0.3 is 28.4 Å². The third-order valence-electron chi connectivity index (χ3n) is 7.33. The summed E-state index contributed by atoms with van der Waals surface area (Å²) in [5.74, 6) is 0.476. The molecule has 0 aliphatic rings. The molecule has 0 fully saturated rings. The van der Waals surface area contributed by atoms with E-state index in [4.69, 9.17) is 28.4 Å². The number of carbonyl (C=O) groups is 3. The molecule has 0 radical (unpaired) electrons. The van der Waals surface area contributed by atoms with E-state index < -0.39 is 17.9 Å². The van der Waals surface area contributed by atoms with Crippen molar-refractivity contribution in [3.8, 4) is 52.5 Å². The molecule has 7 aromatic rings. The third-order valence-corrected chi connectivity index (χ3v) is 7.33. The number of ether oxygens (including phenoxy) is 6. The van der Waals surface area contributed by atoms with Crippen molar-refractivity contribution in [1.29, 1.82) is 0 Å². The Morgan fingerprint density at radius 2 is 0.537 bits per heavy atom. The Morgan fingerprint density at radius 1 is 0.296 bits per heavy atom. The number of hydrogen-bond donors (Lipinski definition) is 0. The Bertz CT molecular complexity index is 2080. The number of aromatic nitrogens is 3. The summed E-state index contributed by atoms with van der Waals surface area (Å²) in [5.41, 5.74) is 0.881. The van der Waals surface area contributed by atoms with Crippen LogP contribution in [0.2, 0.25) is 0 Å². The molecule has 12 heteroatoms. The van der Waals surface area contributed by atoms with Gasteiger partial charge in [0.25, 0.3) is 0 Å². The van der Waals surface area contributed by atoms with Crippen molar-refractivity contribution in [2.24, 2.45) is 0 Å². The monoisotopic (exact) mass is 717 g/mol. The molecule has 0 bridgehead atoms. The molecule has 7 rings (SSSR count). The van der Waals surface area contributed by atoms with E-state index in [-0.39, 0.29) is 35.3 Å². The van der Waals surface area contributed by atoms with Crippen LogP contribution >= 0.6 is 0 Å². The summed E-state index contributed by atoms with van der Waals surface area (Å²) in [6, 6.07) is 44.0. The highest BCUT2D eigenvalue weighted by Crippen LogP contribution is 2.28. The summed E-state index contributed by atoms with van der Waals surface area (Å²) in [4.78, 5) is 50.7. The molecule has 0 atom stereocenters. The Morgan fingerprint density at radius 3 is 0.778 bits per heavy atom. The number of para-hydroxylation sites is 3. The number of benzene rings is 6. The minimum Gasteiger partial charge on any atom is -0.424 e. The Balaban J connectivity index is 1.08. The molecule has 1 aromatic heterocycles. The van der Waals surface area contributed by atoms with Crippen LogP contribution < -0.4 is 28.4 Å². The van der Waals surface area contributed by atoms with Crippen molar-refractivity contribution in [2.45, 2.75) is 0 Å². The van der Waals surface area contributed by atoms with E-state index >= 15 is 0 Å². The summed E-state index contributed by atoms with van der Waals surface area (Å²) in [6.07, 6.45) is 0. The maximum atomic E-state index is 12.6. The predicted octanol–water partition coefficient (Wildman–Crippen LogP) is 8.91. The SMILES string of the molecule is O=C(Oc1ccccc1)c1ccc(Oc2nc(Oc3ccc(C(=O)Oc4ccccc4)cc3)nc(Oc3ccc(C(=O)Oc4ccccc4)cc3)n2)cc1. The van der Waals surface area contributed by atoms with Gasteiger partial charge in [0.2, 0.25) is 0 Å². The van der Waals surface area contributed by atoms with E-state index in [9.17, 15) is 14.4 Å². The Hall–Kier alpha value is -7.86. The fraction of sp³-hybridized carbons (Fsp3) is 0. The summed E-state index contributed by atoms with van der Waals surface area (Å²) in [5, 5.41) is 0. The van der Waals surface area contributed by atoms with Gasteiger partial charge in [0.1, 0.15) is 34.5 Å². The molecule has 0 saturated heterocycles. The van der Waals surface area contributed by atoms with Crippen LogP contribution in [-0.2, 0) is 0 Å². The largest absolute Gasteiger partial charge is 0.424 e. The molecule has 1 heterocycles. The molecule has 12 nitrogen and oxygen atoms in total. The molecular formula is C42H27N3O9. The van der Waals surface area contributed by atoms with Gasteiger partial charge in [-0.05, 0) is 109 Å². The Labute approximate surface area is 308 Å². The second kappa shape index (κ2) is 16.4. The highest BCUT2D eigenvalue weighted by atomic mass is 16.5. The first-order valence-electron chi connectivity index (χ1n) is 16.3. The fourth-order valence-electron chi connectivity index (χ4n) is 4.71. The van der Waals surface area contributed by atoms with Gasteiger partial charge in [-0.25, -0.2) is 14.4 Å². The minimum atomic E-state index is -0.544. The van der Waals surface area contributed by atoms with Crippen LogP contribution in [0.5, 0.6) is 52.5 Å². The molecule has 0 saturated carbocycles. The predicted molar refractivity (Wildman–Crippen MR) is 194 cm³/mol. The molecule has 54 heavy (non-hydrogen) atoms. The van der Waals surface area contributed by atoms with Gasteiger partial charge in [-0.15, -0.1) is 15.0 Å². The molecular weight excluding hydrogens is 690 g/mol. The van der Waals surface area contributed by atoms with Gasteiger partial charge in [0, 0.05) is 0 Å². The smallest absolute Gasteiger partial charge is 0.343 e. The van der Waals surface area contributed by atoms with Crippen molar-refractivity contribution in [3.63, 3.8) is 0 Å². The zero-order valence-corrected chi connectivity index (χ0v) is 28.1.